The van der Waals surface area contributed by atoms with Gasteiger partial charge < -0.3 is 29.2 Å². The summed E-state index contributed by atoms with van der Waals surface area (Å²) in [5, 5.41) is 3.29. The predicted octanol–water partition coefficient (Wildman–Crippen LogP) is 2.54. The second kappa shape index (κ2) is 9.43. The fourth-order valence-corrected chi connectivity index (χ4v) is 3.25. The molecule has 0 bridgehead atoms. The Labute approximate surface area is 180 Å². The minimum absolute atomic E-state index is 0.390. The van der Waals surface area contributed by atoms with Gasteiger partial charge in [0.2, 0.25) is 5.95 Å². The lowest BCUT2D eigenvalue weighted by molar-refractivity contribution is 0.122. The second-order valence-corrected chi connectivity index (χ2v) is 6.66. The van der Waals surface area contributed by atoms with E-state index in [1.54, 1.807) is 39.9 Å². The molecule has 0 aliphatic carbocycles. The average Bonchev–Trinajstić information content (AvgIpc) is 2.84. The van der Waals surface area contributed by atoms with E-state index < -0.39 is 0 Å². The lowest BCUT2D eigenvalue weighted by Crippen LogP contribution is -2.37. The Morgan fingerprint density at radius 1 is 1.03 bits per heavy atom. The molecule has 4 rings (SSSR count). The molecule has 0 aromatic carbocycles. The molecule has 0 unspecified atom stereocenters. The summed E-state index contributed by atoms with van der Waals surface area (Å²) in [5.74, 6) is 2.46. The van der Waals surface area contributed by atoms with Crippen LogP contribution in [0.3, 0.4) is 0 Å². The molecule has 1 aliphatic heterocycles. The van der Waals surface area contributed by atoms with Crippen LogP contribution in [-0.2, 0) is 4.74 Å². The van der Waals surface area contributed by atoms with Crippen LogP contribution in [0.15, 0.2) is 36.8 Å². The van der Waals surface area contributed by atoms with Crippen LogP contribution in [0.2, 0.25) is 0 Å². The highest BCUT2D eigenvalue weighted by Gasteiger charge is 2.23. The van der Waals surface area contributed by atoms with Crippen molar-refractivity contribution < 1.29 is 18.9 Å². The summed E-state index contributed by atoms with van der Waals surface area (Å²) in [5.41, 5.74) is 2.07. The van der Waals surface area contributed by atoms with E-state index in [2.05, 4.69) is 20.2 Å². The topological polar surface area (TPSA) is 104 Å². The SMILES string of the molecule is COc1cc(-c2nc(N3CCOCC3)nc(Nc3cccnc3)c2OC)cnc1OC. The van der Waals surface area contributed by atoms with Gasteiger partial charge in [0.1, 0.15) is 5.69 Å². The summed E-state index contributed by atoms with van der Waals surface area (Å²) >= 11 is 0. The first-order chi connectivity index (χ1) is 15.2. The zero-order chi connectivity index (χ0) is 21.6. The minimum Gasteiger partial charge on any atom is -0.491 e. The van der Waals surface area contributed by atoms with Gasteiger partial charge in [-0.25, -0.2) is 9.97 Å². The van der Waals surface area contributed by atoms with E-state index in [9.17, 15) is 0 Å². The summed E-state index contributed by atoms with van der Waals surface area (Å²) in [6, 6.07) is 5.56. The monoisotopic (exact) mass is 424 g/mol. The Balaban J connectivity index is 1.85. The Bertz CT molecular complexity index is 1030. The summed E-state index contributed by atoms with van der Waals surface area (Å²) in [4.78, 5) is 20.1. The maximum absolute atomic E-state index is 5.72. The van der Waals surface area contributed by atoms with E-state index in [1.807, 2.05) is 18.2 Å². The standard InChI is InChI=1S/C21H24N6O4/c1-28-16-11-14(12-23-20(16)30-3)17-18(29-2)19(24-15-5-4-6-22-13-15)26-21(25-17)27-7-9-31-10-8-27/h4-6,11-13H,7-10H2,1-3H3,(H,24,25,26). The maximum atomic E-state index is 5.72. The third kappa shape index (κ3) is 4.43. The van der Waals surface area contributed by atoms with Gasteiger partial charge in [-0.3, -0.25) is 4.98 Å². The van der Waals surface area contributed by atoms with Crippen molar-refractivity contribution in [2.45, 2.75) is 0 Å². The van der Waals surface area contributed by atoms with Gasteiger partial charge in [0.25, 0.3) is 5.88 Å². The van der Waals surface area contributed by atoms with Crippen LogP contribution < -0.4 is 24.4 Å². The number of pyridine rings is 2. The number of hydrogen-bond donors (Lipinski definition) is 1. The maximum Gasteiger partial charge on any atom is 0.256 e. The molecular weight excluding hydrogens is 400 g/mol. The fraction of sp³-hybridized carbons (Fsp3) is 0.333. The number of morpholine rings is 1. The third-order valence-electron chi connectivity index (χ3n) is 4.78. The van der Waals surface area contributed by atoms with Gasteiger partial charge in [0.05, 0.1) is 46.4 Å². The molecule has 0 saturated carbocycles. The van der Waals surface area contributed by atoms with Crippen LogP contribution in [0.1, 0.15) is 0 Å². The van der Waals surface area contributed by atoms with E-state index >= 15 is 0 Å². The Kier molecular flexibility index (Phi) is 6.27. The van der Waals surface area contributed by atoms with Crippen LogP contribution in [0.5, 0.6) is 17.4 Å². The first-order valence-corrected chi connectivity index (χ1v) is 9.77. The van der Waals surface area contributed by atoms with Crippen molar-refractivity contribution in [1.29, 1.82) is 0 Å². The van der Waals surface area contributed by atoms with Crippen molar-refractivity contribution >= 4 is 17.5 Å². The Morgan fingerprint density at radius 2 is 1.87 bits per heavy atom. The molecule has 4 heterocycles. The molecule has 1 aliphatic rings. The average molecular weight is 424 g/mol. The van der Waals surface area contributed by atoms with Gasteiger partial charge >= 0.3 is 0 Å². The van der Waals surface area contributed by atoms with Crippen LogP contribution in [-0.4, -0.2) is 67.6 Å². The number of ether oxygens (including phenoxy) is 4. The van der Waals surface area contributed by atoms with Crippen molar-refractivity contribution in [1.82, 2.24) is 19.9 Å². The van der Waals surface area contributed by atoms with E-state index in [0.717, 1.165) is 5.69 Å². The normalized spacial score (nSPS) is 13.6. The molecule has 3 aromatic heterocycles. The number of nitrogens with one attached hydrogen (secondary N) is 1. The van der Waals surface area contributed by atoms with Gasteiger partial charge in [0.15, 0.2) is 17.3 Å². The number of hydrogen-bond acceptors (Lipinski definition) is 10. The number of rotatable bonds is 7. The van der Waals surface area contributed by atoms with E-state index in [-0.39, 0.29) is 0 Å². The molecule has 10 nitrogen and oxygen atoms in total. The molecule has 31 heavy (non-hydrogen) atoms. The molecular formula is C21H24N6O4. The molecule has 1 fully saturated rings. The summed E-state index contributed by atoms with van der Waals surface area (Å²) in [6.45, 7) is 2.63. The van der Waals surface area contributed by atoms with E-state index in [0.29, 0.717) is 66.7 Å². The zero-order valence-electron chi connectivity index (χ0n) is 17.7. The van der Waals surface area contributed by atoms with Crippen LogP contribution in [0.4, 0.5) is 17.5 Å². The van der Waals surface area contributed by atoms with Crippen LogP contribution >= 0.6 is 0 Å². The lowest BCUT2D eigenvalue weighted by atomic mass is 10.1. The molecule has 1 N–H and O–H groups in total. The van der Waals surface area contributed by atoms with Crippen molar-refractivity contribution in [2.75, 3.05) is 57.8 Å². The third-order valence-corrected chi connectivity index (χ3v) is 4.78. The highest BCUT2D eigenvalue weighted by atomic mass is 16.5. The number of methoxy groups -OCH3 is 3. The molecule has 3 aromatic rings. The highest BCUT2D eigenvalue weighted by Crippen LogP contribution is 2.39. The number of aromatic nitrogens is 4. The van der Waals surface area contributed by atoms with Gasteiger partial charge in [-0.1, -0.05) is 0 Å². The summed E-state index contributed by atoms with van der Waals surface area (Å²) in [7, 11) is 4.69. The second-order valence-electron chi connectivity index (χ2n) is 6.66. The minimum atomic E-state index is 0.390. The highest BCUT2D eigenvalue weighted by molar-refractivity contribution is 5.77. The van der Waals surface area contributed by atoms with Crippen LogP contribution in [0, 0.1) is 0 Å². The van der Waals surface area contributed by atoms with Crippen molar-refractivity contribution in [2.24, 2.45) is 0 Å². The first kappa shape index (κ1) is 20.6. The van der Waals surface area contributed by atoms with Crippen LogP contribution in [0.25, 0.3) is 11.3 Å². The van der Waals surface area contributed by atoms with E-state index in [4.69, 9.17) is 28.9 Å². The smallest absolute Gasteiger partial charge is 0.256 e. The Morgan fingerprint density at radius 3 is 2.55 bits per heavy atom. The molecule has 0 spiro atoms. The lowest BCUT2D eigenvalue weighted by Gasteiger charge is -2.28. The van der Waals surface area contributed by atoms with Crippen molar-refractivity contribution in [3.05, 3.63) is 36.8 Å². The predicted molar refractivity (Wildman–Crippen MR) is 115 cm³/mol. The van der Waals surface area contributed by atoms with Gasteiger partial charge in [-0.05, 0) is 18.2 Å². The van der Waals surface area contributed by atoms with Crippen molar-refractivity contribution in [3.8, 4) is 28.6 Å². The van der Waals surface area contributed by atoms with E-state index in [1.165, 1.54) is 0 Å². The summed E-state index contributed by atoms with van der Waals surface area (Å²) < 4.78 is 21.9. The van der Waals surface area contributed by atoms with Gasteiger partial charge in [0, 0.05) is 31.0 Å². The molecule has 10 heteroatoms. The zero-order valence-corrected chi connectivity index (χ0v) is 17.7. The molecule has 0 radical (unpaired) electrons. The molecule has 162 valence electrons. The van der Waals surface area contributed by atoms with Gasteiger partial charge in [-0.15, -0.1) is 0 Å². The summed E-state index contributed by atoms with van der Waals surface area (Å²) in [6.07, 6.45) is 5.10. The van der Waals surface area contributed by atoms with Gasteiger partial charge in [-0.2, -0.15) is 4.98 Å². The largest absolute Gasteiger partial charge is 0.491 e. The Hall–Kier alpha value is -3.66. The first-order valence-electron chi connectivity index (χ1n) is 9.77. The molecule has 1 saturated heterocycles. The fourth-order valence-electron chi connectivity index (χ4n) is 3.25. The number of anilines is 3. The molecule has 0 atom stereocenters. The molecule has 0 amide bonds. The quantitative estimate of drug-likeness (QED) is 0.608. The number of nitrogens with zero attached hydrogens (tertiary/aromatic N) is 5. The van der Waals surface area contributed by atoms with Crippen molar-refractivity contribution in [3.63, 3.8) is 0 Å².